The summed E-state index contributed by atoms with van der Waals surface area (Å²) in [4.78, 5) is 8.39. The standard InChI is InChI=1S/C22H22F5N5OS/c1-2-22(10-9-16-3-5-17(6-4-16)34(23,24,25,26)27)11-12-32(15-22)21-8-7-18(30-31-21)19-13-28-20(14-33)29-19/h3-8,33H,2,11-15H2,1H3. The van der Waals surface area contributed by atoms with Crippen LogP contribution in [0.3, 0.4) is 0 Å². The lowest BCUT2D eigenvalue weighted by atomic mass is 9.85. The van der Waals surface area contributed by atoms with Gasteiger partial charge in [-0.05, 0) is 49.2 Å². The minimum absolute atomic E-state index is 0.233. The largest absolute Gasteiger partial charge is 0.388 e. The van der Waals surface area contributed by atoms with Crippen LogP contribution in [0, 0.1) is 17.3 Å². The van der Waals surface area contributed by atoms with Crippen LogP contribution in [0.5, 0.6) is 0 Å². The Morgan fingerprint density at radius 2 is 1.79 bits per heavy atom. The van der Waals surface area contributed by atoms with Crippen LogP contribution >= 0.6 is 10.2 Å². The molecule has 6 nitrogen and oxygen atoms in total. The summed E-state index contributed by atoms with van der Waals surface area (Å²) in [6, 6.07) is 6.31. The highest BCUT2D eigenvalue weighted by Gasteiger charge is 2.65. The molecule has 2 aliphatic heterocycles. The third-order valence-electron chi connectivity index (χ3n) is 5.89. The number of anilines is 1. The minimum atomic E-state index is -9.69. The smallest absolute Gasteiger partial charge is 0.310 e. The zero-order valence-corrected chi connectivity index (χ0v) is 19.0. The molecule has 0 aliphatic carbocycles. The molecule has 3 heterocycles. The molecule has 1 aromatic heterocycles. The lowest BCUT2D eigenvalue weighted by Gasteiger charge is -2.40. The third-order valence-corrected chi connectivity index (χ3v) is 7.05. The molecule has 0 amide bonds. The van der Waals surface area contributed by atoms with Crippen LogP contribution in [0.25, 0.3) is 0 Å². The maximum Gasteiger partial charge on any atom is 0.310 e. The van der Waals surface area contributed by atoms with E-state index in [0.717, 1.165) is 12.1 Å². The van der Waals surface area contributed by atoms with Gasteiger partial charge in [-0.15, -0.1) is 10.2 Å². The third kappa shape index (κ3) is 5.20. The molecule has 1 atom stereocenters. The molecule has 12 heteroatoms. The van der Waals surface area contributed by atoms with E-state index in [1.54, 1.807) is 6.07 Å². The van der Waals surface area contributed by atoms with Crippen molar-refractivity contribution in [1.82, 2.24) is 10.2 Å². The van der Waals surface area contributed by atoms with Crippen LogP contribution in [-0.2, 0) is 0 Å². The topological polar surface area (TPSA) is 74.0 Å². The molecule has 2 aliphatic rings. The molecule has 2 aromatic rings. The Bertz CT molecular complexity index is 1220. The second-order valence-electron chi connectivity index (χ2n) is 8.27. The van der Waals surface area contributed by atoms with Gasteiger partial charge in [-0.2, -0.15) is 0 Å². The molecule has 182 valence electrons. The van der Waals surface area contributed by atoms with Crippen molar-refractivity contribution in [3.8, 4) is 11.8 Å². The Labute approximate surface area is 193 Å². The first-order valence-corrected chi connectivity index (χ1v) is 12.4. The van der Waals surface area contributed by atoms with Crippen molar-refractivity contribution >= 4 is 27.6 Å². The molecular formula is C22H22F5N5OS. The van der Waals surface area contributed by atoms with E-state index in [2.05, 4.69) is 32.0 Å². The summed E-state index contributed by atoms with van der Waals surface area (Å²) in [7, 11) is -9.69. The van der Waals surface area contributed by atoms with E-state index in [1.807, 2.05) is 17.9 Å². The molecular weight excluding hydrogens is 477 g/mol. The Kier molecular flexibility index (Phi) is 5.49. The first kappa shape index (κ1) is 24.1. The molecule has 0 bridgehead atoms. The van der Waals surface area contributed by atoms with Gasteiger partial charge in [0.25, 0.3) is 0 Å². The fraction of sp³-hybridized carbons (Fsp3) is 0.364. The van der Waals surface area contributed by atoms with Gasteiger partial charge in [-0.1, -0.05) is 38.2 Å². The van der Waals surface area contributed by atoms with Gasteiger partial charge in [-0.25, -0.2) is 4.99 Å². The molecule has 1 N–H and O–H groups in total. The fourth-order valence-electron chi connectivity index (χ4n) is 3.81. The number of hydrogen-bond acceptors (Lipinski definition) is 6. The predicted molar refractivity (Wildman–Crippen MR) is 122 cm³/mol. The van der Waals surface area contributed by atoms with Gasteiger partial charge in [-0.3, -0.25) is 4.99 Å². The van der Waals surface area contributed by atoms with Crippen LogP contribution in [0.2, 0.25) is 0 Å². The second kappa shape index (κ2) is 7.74. The van der Waals surface area contributed by atoms with Gasteiger partial charge < -0.3 is 10.0 Å². The summed E-state index contributed by atoms with van der Waals surface area (Å²) in [5.74, 6) is 7.01. The van der Waals surface area contributed by atoms with E-state index in [4.69, 9.17) is 5.11 Å². The van der Waals surface area contributed by atoms with E-state index in [-0.39, 0.29) is 12.2 Å². The summed E-state index contributed by atoms with van der Waals surface area (Å²) in [5, 5.41) is 17.6. The number of halogens is 5. The van der Waals surface area contributed by atoms with Crippen molar-refractivity contribution < 1.29 is 24.5 Å². The van der Waals surface area contributed by atoms with Crippen molar-refractivity contribution in [2.24, 2.45) is 15.4 Å². The summed E-state index contributed by atoms with van der Waals surface area (Å²) >= 11 is 0. The zero-order chi connectivity index (χ0) is 24.7. The van der Waals surface area contributed by atoms with Crippen LogP contribution in [0.15, 0.2) is 51.3 Å². The number of hydrogen-bond donors (Lipinski definition) is 1. The number of rotatable bonds is 5. The molecule has 1 fully saturated rings. The van der Waals surface area contributed by atoms with E-state index in [1.165, 1.54) is 0 Å². The minimum Gasteiger partial charge on any atom is -0.388 e. The van der Waals surface area contributed by atoms with Gasteiger partial charge in [0, 0.05) is 18.7 Å². The van der Waals surface area contributed by atoms with Gasteiger partial charge >= 0.3 is 10.2 Å². The lowest BCUT2D eigenvalue weighted by molar-refractivity contribution is 0.356. The number of aliphatic hydroxyl groups is 1. The van der Waals surface area contributed by atoms with Crippen molar-refractivity contribution in [2.45, 2.75) is 24.7 Å². The predicted octanol–water partition coefficient (Wildman–Crippen LogP) is 4.99. The van der Waals surface area contributed by atoms with E-state index < -0.39 is 20.5 Å². The number of aliphatic hydroxyl groups excluding tert-OH is 1. The van der Waals surface area contributed by atoms with E-state index in [9.17, 15) is 19.4 Å². The molecule has 1 saturated heterocycles. The Hall–Kier alpha value is -3.04. The summed E-state index contributed by atoms with van der Waals surface area (Å²) in [6.07, 6.45) is 1.41. The van der Waals surface area contributed by atoms with Gasteiger partial charge in [0.05, 0.1) is 17.7 Å². The Balaban J connectivity index is 1.47. The average molecular weight is 500 g/mol. The van der Waals surface area contributed by atoms with Crippen LogP contribution < -0.4 is 4.90 Å². The monoisotopic (exact) mass is 499 g/mol. The highest BCUT2D eigenvalue weighted by molar-refractivity contribution is 8.45. The summed E-state index contributed by atoms with van der Waals surface area (Å²) in [6.45, 7) is 3.29. The maximum atomic E-state index is 12.9. The molecule has 4 rings (SSSR count). The van der Waals surface area contributed by atoms with Crippen molar-refractivity contribution in [3.05, 3.63) is 47.7 Å². The zero-order valence-electron chi connectivity index (χ0n) is 18.2. The lowest BCUT2D eigenvalue weighted by Crippen LogP contribution is -2.26. The Morgan fingerprint density at radius 1 is 1.06 bits per heavy atom. The van der Waals surface area contributed by atoms with Crippen LogP contribution in [0.4, 0.5) is 25.2 Å². The normalized spacial score (nSPS) is 22.4. The van der Waals surface area contributed by atoms with Crippen LogP contribution in [-0.4, -0.2) is 53.1 Å². The highest BCUT2D eigenvalue weighted by Crippen LogP contribution is 3.02. The van der Waals surface area contributed by atoms with Gasteiger partial charge in [0.15, 0.2) is 5.82 Å². The van der Waals surface area contributed by atoms with Crippen molar-refractivity contribution in [3.63, 3.8) is 0 Å². The molecule has 0 spiro atoms. The molecule has 0 radical (unpaired) electrons. The summed E-state index contributed by atoms with van der Waals surface area (Å²) < 4.78 is 64.5. The van der Waals surface area contributed by atoms with Crippen LogP contribution in [0.1, 0.15) is 31.0 Å². The molecule has 34 heavy (non-hydrogen) atoms. The molecule has 1 aromatic carbocycles. The Morgan fingerprint density at radius 3 is 2.35 bits per heavy atom. The second-order valence-corrected chi connectivity index (χ2v) is 10.7. The average Bonchev–Trinajstić information content (AvgIpc) is 3.45. The van der Waals surface area contributed by atoms with Crippen molar-refractivity contribution in [1.29, 1.82) is 0 Å². The van der Waals surface area contributed by atoms with E-state index in [0.29, 0.717) is 67.7 Å². The fourth-order valence-corrected chi connectivity index (χ4v) is 4.46. The number of aromatic nitrogens is 2. The van der Waals surface area contributed by atoms with Gasteiger partial charge in [0.1, 0.15) is 23.0 Å². The number of amidine groups is 1. The molecule has 0 saturated carbocycles. The first-order chi connectivity index (χ1) is 15.8. The van der Waals surface area contributed by atoms with Gasteiger partial charge in [0.2, 0.25) is 0 Å². The SMILES string of the molecule is CCC1(C#Cc2ccc(S(F)(F)(F)(F)F)cc2)CCN(c2ccc(C3=NC(CO)=NC3)nn2)C1. The highest BCUT2D eigenvalue weighted by atomic mass is 32.5. The van der Waals surface area contributed by atoms with E-state index >= 15 is 0 Å². The first-order valence-electron chi connectivity index (χ1n) is 10.5. The number of aliphatic imine (C=N–C) groups is 2. The quantitative estimate of drug-likeness (QED) is 0.465. The summed E-state index contributed by atoms with van der Waals surface area (Å²) in [5.41, 5.74) is 1.03. The number of benzene rings is 1. The number of nitrogens with zero attached hydrogens (tertiary/aromatic N) is 5. The maximum absolute atomic E-state index is 12.9. The van der Waals surface area contributed by atoms with Crippen molar-refractivity contribution in [2.75, 3.05) is 31.1 Å². The molecule has 1 unspecified atom stereocenters.